The summed E-state index contributed by atoms with van der Waals surface area (Å²) in [5.41, 5.74) is 0. The Morgan fingerprint density at radius 2 is 1.00 bits per heavy atom. The number of carbonyl (C=O) groups is 1. The molecule has 0 aliphatic carbocycles. The maximum Gasteiger partial charge on any atom is 0.266 e. The molecule has 0 saturated carbocycles. The second kappa shape index (κ2) is 34.2. The number of nitrogens with one attached hydrogen (secondary N) is 1. The second-order valence-electron chi connectivity index (χ2n) is 14.0. The van der Waals surface area contributed by atoms with Crippen LogP contribution < -0.4 is 5.32 Å². The van der Waals surface area contributed by atoms with Gasteiger partial charge in [-0.2, -0.15) is 8.42 Å². The third kappa shape index (κ3) is 33.3. The Morgan fingerprint density at radius 3 is 1.46 bits per heavy atom. The summed E-state index contributed by atoms with van der Waals surface area (Å²) in [5, 5.41) is 23.5. The van der Waals surface area contributed by atoms with Gasteiger partial charge in [0.25, 0.3) is 10.1 Å². The monoisotopic (exact) mass is 700 g/mol. The van der Waals surface area contributed by atoms with E-state index in [9.17, 15) is 28.0 Å². The highest BCUT2D eigenvalue weighted by Gasteiger charge is 2.28. The summed E-state index contributed by atoms with van der Waals surface area (Å²) < 4.78 is 32.5. The molecule has 284 valence electrons. The fraction of sp³-hybridized carbons (Fsp3) is 0.875. The van der Waals surface area contributed by atoms with Crippen LogP contribution in [0.2, 0.25) is 0 Å². The maximum atomic E-state index is 12.6. The van der Waals surface area contributed by atoms with Gasteiger partial charge in [-0.25, -0.2) is 0 Å². The number of carbonyl (C=O) groups excluding carboxylic acids is 1. The van der Waals surface area contributed by atoms with Crippen molar-refractivity contribution in [3.63, 3.8) is 0 Å². The molecule has 4 N–H and O–H groups in total. The number of aliphatic hydroxyl groups excluding tert-OH is 2. The first-order chi connectivity index (χ1) is 23.2. The number of allylic oxidation sites excluding steroid dienone is 4. The third-order valence-corrected chi connectivity index (χ3v) is 10.1. The van der Waals surface area contributed by atoms with Crippen LogP contribution in [0.1, 0.15) is 200 Å². The minimum absolute atomic E-state index is 0.297. The molecule has 3 atom stereocenters. The van der Waals surface area contributed by atoms with Crippen LogP contribution in [0.25, 0.3) is 0 Å². The van der Waals surface area contributed by atoms with Crippen LogP contribution in [0.4, 0.5) is 0 Å². The second-order valence-corrected chi connectivity index (χ2v) is 15.5. The first-order valence-electron chi connectivity index (χ1n) is 20.1. The van der Waals surface area contributed by atoms with Crippen LogP contribution in [0.5, 0.6) is 0 Å². The minimum Gasteiger partial charge on any atom is -0.391 e. The van der Waals surface area contributed by atoms with Gasteiger partial charge >= 0.3 is 0 Å². The van der Waals surface area contributed by atoms with Gasteiger partial charge in [-0.3, -0.25) is 9.35 Å². The Morgan fingerprint density at radius 1 is 0.583 bits per heavy atom. The van der Waals surface area contributed by atoms with Gasteiger partial charge in [-0.05, 0) is 38.5 Å². The highest BCUT2D eigenvalue weighted by atomic mass is 32.2. The van der Waals surface area contributed by atoms with E-state index in [0.717, 1.165) is 51.4 Å². The molecule has 0 bridgehead atoms. The van der Waals surface area contributed by atoms with Gasteiger partial charge < -0.3 is 15.5 Å². The van der Waals surface area contributed by atoms with E-state index in [2.05, 4.69) is 43.5 Å². The van der Waals surface area contributed by atoms with Crippen molar-refractivity contribution < 1.29 is 28.0 Å². The number of hydrogen-bond acceptors (Lipinski definition) is 5. The molecule has 0 rings (SSSR count). The quantitative estimate of drug-likeness (QED) is 0.0293. The molecular weight excluding hydrogens is 623 g/mol. The van der Waals surface area contributed by atoms with E-state index in [0.29, 0.717) is 25.7 Å². The summed E-state index contributed by atoms with van der Waals surface area (Å²) in [7, 11) is -4.40. The number of rotatable bonds is 36. The van der Waals surface area contributed by atoms with Gasteiger partial charge in [0.1, 0.15) is 6.10 Å². The number of amides is 1. The molecule has 7 nitrogen and oxygen atoms in total. The summed E-state index contributed by atoms with van der Waals surface area (Å²) in [5.74, 6) is -1.45. The fourth-order valence-corrected chi connectivity index (χ4v) is 6.96. The van der Waals surface area contributed by atoms with Gasteiger partial charge in [0, 0.05) is 0 Å². The van der Waals surface area contributed by atoms with E-state index >= 15 is 0 Å². The number of unbranched alkanes of at least 4 members (excludes halogenated alkanes) is 23. The van der Waals surface area contributed by atoms with Crippen LogP contribution in [-0.2, 0) is 14.9 Å². The molecule has 0 aliphatic rings. The molecule has 0 aliphatic heterocycles. The Kier molecular flexibility index (Phi) is 33.4. The molecule has 0 fully saturated rings. The molecule has 0 aromatic rings. The molecule has 0 radical (unpaired) electrons. The van der Waals surface area contributed by atoms with Gasteiger partial charge in [-0.1, -0.05) is 186 Å². The van der Waals surface area contributed by atoms with Crippen molar-refractivity contribution in [3.05, 3.63) is 24.3 Å². The highest BCUT2D eigenvalue weighted by Crippen LogP contribution is 2.16. The maximum absolute atomic E-state index is 12.6. The van der Waals surface area contributed by atoms with E-state index < -0.39 is 40.0 Å². The molecule has 0 spiro atoms. The lowest BCUT2D eigenvalue weighted by molar-refractivity contribution is -0.131. The Balaban J connectivity index is 3.91. The molecule has 48 heavy (non-hydrogen) atoms. The number of hydrogen-bond donors (Lipinski definition) is 4. The lowest BCUT2D eigenvalue weighted by atomic mass is 10.0. The van der Waals surface area contributed by atoms with E-state index in [-0.39, 0.29) is 0 Å². The first kappa shape index (κ1) is 46.8. The smallest absolute Gasteiger partial charge is 0.266 e. The molecule has 8 heteroatoms. The number of aliphatic hydroxyl groups is 2. The van der Waals surface area contributed by atoms with Crippen LogP contribution >= 0.6 is 0 Å². The third-order valence-electron chi connectivity index (χ3n) is 9.28. The Labute approximate surface area is 297 Å². The average molecular weight is 700 g/mol. The molecule has 0 saturated heterocycles. The summed E-state index contributed by atoms with van der Waals surface area (Å²) in [6.45, 7) is 4.39. The zero-order valence-electron chi connectivity index (χ0n) is 31.2. The Bertz CT molecular complexity index is 875. The highest BCUT2D eigenvalue weighted by molar-refractivity contribution is 7.85. The topological polar surface area (TPSA) is 124 Å². The molecule has 0 aromatic carbocycles. The largest absolute Gasteiger partial charge is 0.391 e. The van der Waals surface area contributed by atoms with E-state index in [1.54, 1.807) is 0 Å². The minimum atomic E-state index is -4.40. The van der Waals surface area contributed by atoms with Crippen LogP contribution in [-0.4, -0.2) is 53.1 Å². The van der Waals surface area contributed by atoms with E-state index in [1.165, 1.54) is 109 Å². The van der Waals surface area contributed by atoms with E-state index in [1.807, 2.05) is 0 Å². The van der Waals surface area contributed by atoms with Gasteiger partial charge in [0.2, 0.25) is 5.91 Å². The van der Waals surface area contributed by atoms with Crippen molar-refractivity contribution in [2.75, 3.05) is 5.75 Å². The van der Waals surface area contributed by atoms with Crippen LogP contribution in [0, 0.1) is 0 Å². The SMILES string of the molecule is CC/C=C\C/C=C\CCCCCCCCCCCCCCCC(O)C(=O)NC(CS(=O)(=O)O)C(O)CCCCCCCCCCCCC. The Hall–Kier alpha value is -1.22. The molecular formula is C40H77NO6S. The van der Waals surface area contributed by atoms with Gasteiger partial charge in [0.15, 0.2) is 0 Å². The molecule has 0 heterocycles. The fourth-order valence-electron chi connectivity index (χ4n) is 6.20. The van der Waals surface area contributed by atoms with Crippen molar-refractivity contribution in [1.29, 1.82) is 0 Å². The zero-order chi connectivity index (χ0) is 35.6. The van der Waals surface area contributed by atoms with E-state index in [4.69, 9.17) is 0 Å². The lowest BCUT2D eigenvalue weighted by Crippen LogP contribution is -2.50. The molecule has 0 aromatic heterocycles. The predicted molar refractivity (Wildman–Crippen MR) is 204 cm³/mol. The van der Waals surface area contributed by atoms with Crippen LogP contribution in [0.3, 0.4) is 0 Å². The normalized spacial score (nSPS) is 14.2. The summed E-state index contributed by atoms with van der Waals surface area (Å²) in [4.78, 5) is 12.6. The van der Waals surface area contributed by atoms with Crippen molar-refractivity contribution in [1.82, 2.24) is 5.32 Å². The standard InChI is InChI=1S/C40H77NO6S/c1-3-5-7-9-11-13-15-16-17-18-19-20-21-22-23-25-27-29-31-33-35-39(43)40(44)41-37(36-48(45,46)47)38(42)34-32-30-28-26-24-14-12-10-8-6-4-2/h5,7,11,13,37-39,42-43H,3-4,6,8-10,12,14-36H2,1-2H3,(H,41,44)(H,45,46,47)/b7-5-,13-11-. The van der Waals surface area contributed by atoms with Crippen molar-refractivity contribution in [2.45, 2.75) is 218 Å². The van der Waals surface area contributed by atoms with Crippen molar-refractivity contribution in [3.8, 4) is 0 Å². The molecule has 3 unspecified atom stereocenters. The van der Waals surface area contributed by atoms with Crippen molar-refractivity contribution >= 4 is 16.0 Å². The van der Waals surface area contributed by atoms with Gasteiger partial charge in [0.05, 0.1) is 17.9 Å². The first-order valence-corrected chi connectivity index (χ1v) is 21.7. The van der Waals surface area contributed by atoms with Crippen molar-refractivity contribution in [2.24, 2.45) is 0 Å². The average Bonchev–Trinajstić information content (AvgIpc) is 3.05. The summed E-state index contributed by atoms with van der Waals surface area (Å²) in [6.07, 6.45) is 39.2. The summed E-state index contributed by atoms with van der Waals surface area (Å²) >= 11 is 0. The molecule has 1 amide bonds. The zero-order valence-corrected chi connectivity index (χ0v) is 32.0. The predicted octanol–water partition coefficient (Wildman–Crippen LogP) is 10.5. The van der Waals surface area contributed by atoms with Crippen LogP contribution in [0.15, 0.2) is 24.3 Å². The van der Waals surface area contributed by atoms with Gasteiger partial charge in [-0.15, -0.1) is 0 Å². The summed E-state index contributed by atoms with van der Waals surface area (Å²) in [6, 6.07) is -1.14. The lowest BCUT2D eigenvalue weighted by Gasteiger charge is -2.24.